The zero-order valence-corrected chi connectivity index (χ0v) is 21.0. The van der Waals surface area contributed by atoms with E-state index in [2.05, 4.69) is 0 Å². The Morgan fingerprint density at radius 2 is 1.66 bits per heavy atom. The highest BCUT2D eigenvalue weighted by atomic mass is 35.5. The molecule has 1 saturated heterocycles. The summed E-state index contributed by atoms with van der Waals surface area (Å²) in [6.07, 6.45) is 0. The number of piperazine rings is 1. The highest BCUT2D eigenvalue weighted by molar-refractivity contribution is 7.89. The van der Waals surface area contributed by atoms with E-state index < -0.39 is 10.0 Å². The van der Waals surface area contributed by atoms with E-state index in [0.29, 0.717) is 36.9 Å². The molecule has 0 spiro atoms. The van der Waals surface area contributed by atoms with Crippen molar-refractivity contribution in [3.8, 4) is 0 Å². The van der Waals surface area contributed by atoms with Crippen molar-refractivity contribution >= 4 is 33.2 Å². The summed E-state index contributed by atoms with van der Waals surface area (Å²) in [7, 11) is -3.95. The molecule has 0 radical (unpaired) electrons. The normalized spacial score (nSPS) is 14.4. The summed E-state index contributed by atoms with van der Waals surface area (Å²) in [5.41, 5.74) is 2.30. The van der Waals surface area contributed by atoms with Gasteiger partial charge >= 0.3 is 0 Å². The van der Waals surface area contributed by atoms with Gasteiger partial charge in [-0.25, -0.2) is 12.8 Å². The first-order chi connectivity index (χ1) is 16.7. The smallest absolute Gasteiger partial charge is 0.243 e. The van der Waals surface area contributed by atoms with E-state index in [1.807, 2.05) is 36.1 Å². The first-order valence-electron chi connectivity index (χ1n) is 11.3. The predicted octanol–water partition coefficient (Wildman–Crippen LogP) is 4.33. The standard InChI is InChI=1S/C26H27ClFN3O3S/c1-20-5-4-6-21(17-20)18-31(35(33,34)23-11-9-22(27)10-12-23)19-26(32)30-15-13-29(14-16-30)25-8-3-2-7-24(25)28/h2-12,17H,13-16,18-19H2,1H3. The number of hydrogen-bond donors (Lipinski definition) is 0. The molecule has 0 N–H and O–H groups in total. The Kier molecular flexibility index (Phi) is 7.74. The van der Waals surface area contributed by atoms with Crippen LogP contribution >= 0.6 is 11.6 Å². The number of halogens is 2. The number of carbonyl (C=O) groups is 1. The number of hydrogen-bond acceptors (Lipinski definition) is 4. The molecule has 184 valence electrons. The van der Waals surface area contributed by atoms with E-state index in [4.69, 9.17) is 11.6 Å². The lowest BCUT2D eigenvalue weighted by atomic mass is 10.1. The number of carbonyl (C=O) groups excluding carboxylic acids is 1. The molecule has 4 rings (SSSR count). The van der Waals surface area contributed by atoms with Crippen LogP contribution in [0, 0.1) is 12.7 Å². The van der Waals surface area contributed by atoms with Crippen molar-refractivity contribution in [2.75, 3.05) is 37.6 Å². The Labute approximate surface area is 210 Å². The third-order valence-electron chi connectivity index (χ3n) is 6.03. The summed E-state index contributed by atoms with van der Waals surface area (Å²) < 4.78 is 42.3. The molecule has 0 atom stereocenters. The average molecular weight is 516 g/mol. The number of sulfonamides is 1. The van der Waals surface area contributed by atoms with Gasteiger partial charge in [-0.05, 0) is 48.9 Å². The van der Waals surface area contributed by atoms with Crippen LogP contribution in [0.25, 0.3) is 0 Å². The van der Waals surface area contributed by atoms with Gasteiger partial charge in [-0.2, -0.15) is 4.31 Å². The highest BCUT2D eigenvalue weighted by Gasteiger charge is 2.30. The highest BCUT2D eigenvalue weighted by Crippen LogP contribution is 2.23. The number of aryl methyl sites for hydroxylation is 1. The molecule has 3 aromatic carbocycles. The minimum atomic E-state index is -3.95. The van der Waals surface area contributed by atoms with Gasteiger partial charge in [0.2, 0.25) is 15.9 Å². The maximum atomic E-state index is 14.2. The quantitative estimate of drug-likeness (QED) is 0.470. The Bertz CT molecular complexity index is 1290. The van der Waals surface area contributed by atoms with Crippen LogP contribution in [0.2, 0.25) is 5.02 Å². The molecule has 6 nitrogen and oxygen atoms in total. The maximum Gasteiger partial charge on any atom is 0.243 e. The topological polar surface area (TPSA) is 60.9 Å². The Morgan fingerprint density at radius 1 is 0.971 bits per heavy atom. The van der Waals surface area contributed by atoms with Crippen LogP contribution in [0.15, 0.2) is 77.7 Å². The number of para-hydroxylation sites is 1. The number of benzene rings is 3. The Morgan fingerprint density at radius 3 is 2.31 bits per heavy atom. The van der Waals surface area contributed by atoms with Gasteiger partial charge in [-0.15, -0.1) is 0 Å². The summed E-state index contributed by atoms with van der Waals surface area (Å²) in [4.78, 5) is 16.8. The minimum absolute atomic E-state index is 0.0631. The molecule has 0 aliphatic carbocycles. The largest absolute Gasteiger partial charge is 0.366 e. The molecule has 0 saturated carbocycles. The fraction of sp³-hybridized carbons (Fsp3) is 0.269. The molecule has 3 aromatic rings. The zero-order chi connectivity index (χ0) is 25.0. The van der Waals surface area contributed by atoms with Crippen molar-refractivity contribution in [2.24, 2.45) is 0 Å². The maximum absolute atomic E-state index is 14.2. The van der Waals surface area contributed by atoms with E-state index in [1.165, 1.54) is 34.6 Å². The molecule has 0 unspecified atom stereocenters. The van der Waals surface area contributed by atoms with Crippen LogP contribution in [0.3, 0.4) is 0 Å². The average Bonchev–Trinajstić information content (AvgIpc) is 2.84. The Hall–Kier alpha value is -2.94. The van der Waals surface area contributed by atoms with Crippen LogP contribution in [0.5, 0.6) is 0 Å². The lowest BCUT2D eigenvalue weighted by molar-refractivity contribution is -0.131. The fourth-order valence-corrected chi connectivity index (χ4v) is 5.66. The second kappa shape index (κ2) is 10.8. The first-order valence-corrected chi connectivity index (χ1v) is 13.1. The monoisotopic (exact) mass is 515 g/mol. The zero-order valence-electron chi connectivity index (χ0n) is 19.4. The molecule has 1 fully saturated rings. The summed E-state index contributed by atoms with van der Waals surface area (Å²) in [6.45, 7) is 3.40. The molecule has 1 aliphatic rings. The van der Waals surface area contributed by atoms with Crippen LogP contribution in [0.1, 0.15) is 11.1 Å². The first kappa shape index (κ1) is 25.2. The SMILES string of the molecule is Cc1cccc(CN(CC(=O)N2CCN(c3ccccc3F)CC2)S(=O)(=O)c2ccc(Cl)cc2)c1. The summed E-state index contributed by atoms with van der Waals surface area (Å²) in [6, 6.07) is 20.0. The van der Waals surface area contributed by atoms with Crippen LogP contribution in [0.4, 0.5) is 10.1 Å². The number of amides is 1. The summed E-state index contributed by atoms with van der Waals surface area (Å²) >= 11 is 5.94. The summed E-state index contributed by atoms with van der Waals surface area (Å²) in [5.74, 6) is -0.589. The lowest BCUT2D eigenvalue weighted by Gasteiger charge is -2.37. The van der Waals surface area contributed by atoms with Crippen molar-refractivity contribution in [3.63, 3.8) is 0 Å². The molecule has 0 aromatic heterocycles. The van der Waals surface area contributed by atoms with Gasteiger partial charge in [0.1, 0.15) is 5.82 Å². The van der Waals surface area contributed by atoms with Crippen LogP contribution in [-0.4, -0.2) is 56.3 Å². The van der Waals surface area contributed by atoms with Crippen molar-refractivity contribution in [2.45, 2.75) is 18.4 Å². The van der Waals surface area contributed by atoms with Gasteiger partial charge < -0.3 is 9.80 Å². The van der Waals surface area contributed by atoms with E-state index in [-0.39, 0.29) is 29.7 Å². The number of anilines is 1. The number of rotatable bonds is 7. The van der Waals surface area contributed by atoms with Gasteiger partial charge in [0.25, 0.3) is 0 Å². The second-order valence-electron chi connectivity index (χ2n) is 8.54. The predicted molar refractivity (Wildman–Crippen MR) is 135 cm³/mol. The van der Waals surface area contributed by atoms with Gasteiger partial charge in [-0.3, -0.25) is 4.79 Å². The lowest BCUT2D eigenvalue weighted by Crippen LogP contribution is -2.52. The number of nitrogens with zero attached hydrogens (tertiary/aromatic N) is 3. The molecule has 1 heterocycles. The molecule has 1 aliphatic heterocycles. The molecular formula is C26H27ClFN3O3S. The third kappa shape index (κ3) is 6.01. The van der Waals surface area contributed by atoms with E-state index in [9.17, 15) is 17.6 Å². The third-order valence-corrected chi connectivity index (χ3v) is 8.09. The Balaban J connectivity index is 1.51. The van der Waals surface area contributed by atoms with Crippen molar-refractivity contribution in [1.82, 2.24) is 9.21 Å². The van der Waals surface area contributed by atoms with Gasteiger partial charge in [0.15, 0.2) is 0 Å². The van der Waals surface area contributed by atoms with E-state index in [1.54, 1.807) is 23.1 Å². The van der Waals surface area contributed by atoms with Crippen LogP contribution in [-0.2, 0) is 21.4 Å². The van der Waals surface area contributed by atoms with E-state index in [0.717, 1.165) is 11.1 Å². The fourth-order valence-electron chi connectivity index (χ4n) is 4.15. The molecule has 35 heavy (non-hydrogen) atoms. The minimum Gasteiger partial charge on any atom is -0.366 e. The molecule has 1 amide bonds. The van der Waals surface area contributed by atoms with Crippen molar-refractivity contribution in [1.29, 1.82) is 0 Å². The molecular weight excluding hydrogens is 489 g/mol. The van der Waals surface area contributed by atoms with Crippen LogP contribution < -0.4 is 4.90 Å². The second-order valence-corrected chi connectivity index (χ2v) is 10.9. The van der Waals surface area contributed by atoms with E-state index >= 15 is 0 Å². The summed E-state index contributed by atoms with van der Waals surface area (Å²) in [5, 5.41) is 0.429. The van der Waals surface area contributed by atoms with Crippen molar-refractivity contribution in [3.05, 3.63) is 94.8 Å². The van der Waals surface area contributed by atoms with Gasteiger partial charge in [0.05, 0.1) is 17.1 Å². The molecule has 9 heteroatoms. The van der Waals surface area contributed by atoms with Gasteiger partial charge in [0, 0.05) is 37.7 Å². The molecule has 0 bridgehead atoms. The van der Waals surface area contributed by atoms with Gasteiger partial charge in [-0.1, -0.05) is 53.6 Å². The van der Waals surface area contributed by atoms with Crippen molar-refractivity contribution < 1.29 is 17.6 Å².